The summed E-state index contributed by atoms with van der Waals surface area (Å²) in [7, 11) is 0. The van der Waals surface area contributed by atoms with Crippen LogP contribution in [-0.4, -0.2) is 39.8 Å². The molecule has 4 rings (SSSR count). The van der Waals surface area contributed by atoms with Gasteiger partial charge in [0.1, 0.15) is 18.6 Å². The van der Waals surface area contributed by atoms with Crippen molar-refractivity contribution in [1.82, 2.24) is 9.55 Å². The van der Waals surface area contributed by atoms with E-state index in [9.17, 15) is 10.1 Å². The maximum Gasteiger partial charge on any atom is 0.415 e. The lowest BCUT2D eigenvalue weighted by atomic mass is 10.1. The lowest BCUT2D eigenvalue weighted by molar-refractivity contribution is -0.389. The van der Waals surface area contributed by atoms with Crippen LogP contribution in [0.15, 0.2) is 30.5 Å². The topological polar surface area (TPSA) is 82.7 Å². The zero-order valence-corrected chi connectivity index (χ0v) is 14.8. The first-order valence-electron chi connectivity index (χ1n) is 8.91. The maximum atomic E-state index is 10.8. The first-order valence-corrected chi connectivity index (χ1v) is 8.91. The molecule has 1 aromatic heterocycles. The molecular formula is C18H22N4O4. The molecule has 0 amide bonds. The number of anilines is 1. The van der Waals surface area contributed by atoms with Gasteiger partial charge in [-0.25, -0.2) is 0 Å². The summed E-state index contributed by atoms with van der Waals surface area (Å²) in [5.41, 5.74) is 0.635. The molecule has 2 aliphatic rings. The van der Waals surface area contributed by atoms with E-state index in [0.717, 1.165) is 18.8 Å². The summed E-state index contributed by atoms with van der Waals surface area (Å²) in [6.45, 7) is 4.95. The van der Waals surface area contributed by atoms with Crippen molar-refractivity contribution >= 4 is 11.5 Å². The number of aromatic nitrogens is 2. The zero-order valence-electron chi connectivity index (χ0n) is 14.8. The lowest BCUT2D eigenvalue weighted by Crippen LogP contribution is -2.38. The number of nitrogens with zero attached hydrogens (tertiary/aromatic N) is 4. The van der Waals surface area contributed by atoms with Crippen LogP contribution in [0.3, 0.4) is 0 Å². The lowest BCUT2D eigenvalue weighted by Gasteiger charge is -2.29. The van der Waals surface area contributed by atoms with Gasteiger partial charge in [0, 0.05) is 23.8 Å². The van der Waals surface area contributed by atoms with Crippen molar-refractivity contribution in [3.63, 3.8) is 0 Å². The minimum atomic E-state index is -0.594. The minimum Gasteiger partial charge on any atom is -0.489 e. The second-order valence-electron chi connectivity index (χ2n) is 7.15. The van der Waals surface area contributed by atoms with Gasteiger partial charge in [0.25, 0.3) is 0 Å². The summed E-state index contributed by atoms with van der Waals surface area (Å²) in [6, 6.07) is 8.40. The third kappa shape index (κ3) is 3.31. The van der Waals surface area contributed by atoms with E-state index in [1.54, 1.807) is 4.57 Å². The number of fused-ring (bicyclic) bond motifs is 1. The number of nitro groups is 1. The molecule has 0 unspecified atom stereocenters. The SMILES string of the molecule is C[C@]1(COc2ccc(N3CCCCC3)cc2)Cn2cc([N+](=O)[O-])nc2O1. The van der Waals surface area contributed by atoms with Crippen LogP contribution in [0.25, 0.3) is 0 Å². The van der Waals surface area contributed by atoms with Crippen molar-refractivity contribution in [2.24, 2.45) is 0 Å². The number of rotatable bonds is 5. The highest BCUT2D eigenvalue weighted by Gasteiger charge is 2.41. The van der Waals surface area contributed by atoms with E-state index in [2.05, 4.69) is 22.0 Å². The Morgan fingerprint density at radius 1 is 1.27 bits per heavy atom. The molecule has 26 heavy (non-hydrogen) atoms. The summed E-state index contributed by atoms with van der Waals surface area (Å²) >= 11 is 0. The maximum absolute atomic E-state index is 10.8. The van der Waals surface area contributed by atoms with Crippen LogP contribution in [0.1, 0.15) is 26.2 Å². The van der Waals surface area contributed by atoms with E-state index in [0.29, 0.717) is 13.2 Å². The van der Waals surface area contributed by atoms with Crippen molar-refractivity contribution in [2.75, 3.05) is 24.6 Å². The van der Waals surface area contributed by atoms with Crippen LogP contribution in [0.4, 0.5) is 11.5 Å². The molecule has 3 heterocycles. The third-order valence-corrected chi connectivity index (χ3v) is 4.86. The number of hydrogen-bond donors (Lipinski definition) is 0. The van der Waals surface area contributed by atoms with Gasteiger partial charge in [0.15, 0.2) is 5.60 Å². The van der Waals surface area contributed by atoms with Crippen LogP contribution in [-0.2, 0) is 6.54 Å². The number of hydrogen-bond acceptors (Lipinski definition) is 6. The fourth-order valence-corrected chi connectivity index (χ4v) is 3.50. The summed E-state index contributed by atoms with van der Waals surface area (Å²) in [6.07, 6.45) is 5.22. The van der Waals surface area contributed by atoms with Gasteiger partial charge in [-0.1, -0.05) is 0 Å². The van der Waals surface area contributed by atoms with E-state index >= 15 is 0 Å². The van der Waals surface area contributed by atoms with Crippen molar-refractivity contribution in [3.8, 4) is 11.8 Å². The average molecular weight is 358 g/mol. The molecular weight excluding hydrogens is 336 g/mol. The van der Waals surface area contributed by atoms with Gasteiger partial charge in [-0.15, -0.1) is 0 Å². The Bertz CT molecular complexity index is 773. The van der Waals surface area contributed by atoms with E-state index in [4.69, 9.17) is 9.47 Å². The highest BCUT2D eigenvalue weighted by molar-refractivity contribution is 5.49. The van der Waals surface area contributed by atoms with E-state index in [1.165, 1.54) is 31.1 Å². The fraction of sp³-hybridized carbons (Fsp3) is 0.500. The summed E-state index contributed by atoms with van der Waals surface area (Å²) in [5.74, 6) is 0.586. The molecule has 1 fully saturated rings. The number of imidazole rings is 1. The molecule has 0 saturated carbocycles. The number of ether oxygens (including phenoxy) is 2. The number of benzene rings is 1. The van der Waals surface area contributed by atoms with E-state index < -0.39 is 10.5 Å². The van der Waals surface area contributed by atoms with Crippen LogP contribution < -0.4 is 14.4 Å². The Balaban J connectivity index is 1.35. The molecule has 1 aromatic carbocycles. The Morgan fingerprint density at radius 2 is 2.00 bits per heavy atom. The minimum absolute atomic E-state index is 0.198. The highest BCUT2D eigenvalue weighted by Crippen LogP contribution is 2.31. The normalized spacial score (nSPS) is 22.0. The third-order valence-electron chi connectivity index (χ3n) is 4.86. The van der Waals surface area contributed by atoms with Gasteiger partial charge in [-0.2, -0.15) is 0 Å². The molecule has 0 bridgehead atoms. The molecule has 2 aliphatic heterocycles. The van der Waals surface area contributed by atoms with Gasteiger partial charge in [-0.3, -0.25) is 4.57 Å². The molecule has 138 valence electrons. The first kappa shape index (κ1) is 16.7. The largest absolute Gasteiger partial charge is 0.489 e. The van der Waals surface area contributed by atoms with Crippen molar-refractivity contribution in [3.05, 3.63) is 40.6 Å². The van der Waals surface area contributed by atoms with Crippen molar-refractivity contribution in [1.29, 1.82) is 0 Å². The smallest absolute Gasteiger partial charge is 0.415 e. The molecule has 1 atom stereocenters. The molecule has 1 saturated heterocycles. The molecule has 0 aliphatic carbocycles. The average Bonchev–Trinajstić information content (AvgIpc) is 3.17. The van der Waals surface area contributed by atoms with E-state index in [1.807, 2.05) is 19.1 Å². The molecule has 8 heteroatoms. The van der Waals surface area contributed by atoms with Crippen LogP contribution >= 0.6 is 0 Å². The van der Waals surface area contributed by atoms with Gasteiger partial charge in [-0.05, 0) is 55.4 Å². The molecule has 0 spiro atoms. The van der Waals surface area contributed by atoms with Crippen molar-refractivity contribution < 1.29 is 14.4 Å². The van der Waals surface area contributed by atoms with Crippen LogP contribution in [0, 0.1) is 10.1 Å². The number of piperidine rings is 1. The Morgan fingerprint density at radius 3 is 2.65 bits per heavy atom. The quantitative estimate of drug-likeness (QED) is 0.603. The van der Waals surface area contributed by atoms with Crippen LogP contribution in [0.5, 0.6) is 11.8 Å². The molecule has 0 N–H and O–H groups in total. The van der Waals surface area contributed by atoms with Gasteiger partial charge in [0.2, 0.25) is 0 Å². The predicted octanol–water partition coefficient (Wildman–Crippen LogP) is 3.01. The summed E-state index contributed by atoms with van der Waals surface area (Å²) < 4.78 is 13.3. The summed E-state index contributed by atoms with van der Waals surface area (Å²) in [4.78, 5) is 16.5. The molecule has 2 aromatic rings. The Kier molecular flexibility index (Phi) is 4.18. The second kappa shape index (κ2) is 6.51. The van der Waals surface area contributed by atoms with Gasteiger partial charge in [0.05, 0.1) is 6.54 Å². The predicted molar refractivity (Wildman–Crippen MR) is 95.9 cm³/mol. The van der Waals surface area contributed by atoms with E-state index in [-0.39, 0.29) is 11.8 Å². The monoisotopic (exact) mass is 358 g/mol. The fourth-order valence-electron chi connectivity index (χ4n) is 3.50. The van der Waals surface area contributed by atoms with Crippen molar-refractivity contribution in [2.45, 2.75) is 38.3 Å². The Labute approximate surface area is 151 Å². The van der Waals surface area contributed by atoms with Gasteiger partial charge >= 0.3 is 11.8 Å². The van der Waals surface area contributed by atoms with Crippen LogP contribution in [0.2, 0.25) is 0 Å². The zero-order chi connectivity index (χ0) is 18.1. The standard InChI is InChI=1S/C18H22N4O4/c1-18(12-21-11-16(22(23)24)19-17(21)26-18)13-25-15-7-5-14(6-8-15)20-9-3-2-4-10-20/h5-8,11H,2-4,9-10,12-13H2,1H3/t18-/m1/s1. The second-order valence-corrected chi connectivity index (χ2v) is 7.15. The van der Waals surface area contributed by atoms with Gasteiger partial charge < -0.3 is 24.5 Å². The Hall–Kier alpha value is -2.77. The molecule has 0 radical (unpaired) electrons. The summed E-state index contributed by atoms with van der Waals surface area (Å²) in [5, 5.41) is 10.8. The molecule has 8 nitrogen and oxygen atoms in total. The first-order chi connectivity index (χ1) is 12.5. The highest BCUT2D eigenvalue weighted by atomic mass is 16.6.